The quantitative estimate of drug-likeness (QED) is 0.613. The van der Waals surface area contributed by atoms with Crippen LogP contribution in [0.25, 0.3) is 0 Å². The highest BCUT2D eigenvalue weighted by atomic mass is 16.5. The fourth-order valence-electron chi connectivity index (χ4n) is 2.97. The molecule has 1 aliphatic rings. The normalized spacial score (nSPS) is 28.7. The van der Waals surface area contributed by atoms with Crippen LogP contribution in [-0.2, 0) is 11.3 Å². The van der Waals surface area contributed by atoms with E-state index in [9.17, 15) is 20.4 Å². The molecule has 26 heavy (non-hydrogen) atoms. The third-order valence-electron chi connectivity index (χ3n) is 4.43. The van der Waals surface area contributed by atoms with Gasteiger partial charge in [0, 0.05) is 5.69 Å². The van der Waals surface area contributed by atoms with Crippen LogP contribution >= 0.6 is 0 Å². The van der Waals surface area contributed by atoms with Gasteiger partial charge < -0.3 is 29.9 Å². The highest BCUT2D eigenvalue weighted by Crippen LogP contribution is 2.33. The van der Waals surface area contributed by atoms with Gasteiger partial charge in [-0.1, -0.05) is 18.2 Å². The predicted molar refractivity (Wildman–Crippen MR) is 92.5 cm³/mol. The summed E-state index contributed by atoms with van der Waals surface area (Å²) in [5.41, 5.74) is 2.36. The smallest absolute Gasteiger partial charge is 0.130 e. The number of hydrogen-bond donors (Lipinski definition) is 4. The topological polar surface area (TPSA) is 112 Å². The van der Waals surface area contributed by atoms with Gasteiger partial charge in [-0.25, -0.2) is 0 Å². The lowest BCUT2D eigenvalue weighted by Gasteiger charge is -2.40. The summed E-state index contributed by atoms with van der Waals surface area (Å²) in [4.78, 5) is 4.37. The number of aliphatic hydroxyl groups excluding tert-OH is 4. The molecule has 140 valence electrons. The van der Waals surface area contributed by atoms with Crippen molar-refractivity contribution < 1.29 is 29.9 Å². The second-order valence-corrected chi connectivity index (χ2v) is 6.38. The molecule has 0 spiro atoms. The van der Waals surface area contributed by atoms with E-state index in [1.54, 1.807) is 24.3 Å². The first-order valence-electron chi connectivity index (χ1n) is 8.45. The molecule has 0 aliphatic carbocycles. The Hall–Kier alpha value is -2.03. The van der Waals surface area contributed by atoms with Crippen LogP contribution in [0.5, 0.6) is 5.75 Å². The molecule has 1 aromatic carbocycles. The molecule has 2 heterocycles. The van der Waals surface area contributed by atoms with Crippen molar-refractivity contribution in [3.8, 4) is 5.75 Å². The van der Waals surface area contributed by atoms with Crippen LogP contribution in [0.1, 0.15) is 23.1 Å². The van der Waals surface area contributed by atoms with Gasteiger partial charge in [0.2, 0.25) is 0 Å². The number of benzene rings is 1. The molecule has 1 aromatic heterocycles. The van der Waals surface area contributed by atoms with Gasteiger partial charge in [0.1, 0.15) is 42.9 Å². The van der Waals surface area contributed by atoms with Crippen molar-refractivity contribution in [2.24, 2.45) is 0 Å². The van der Waals surface area contributed by atoms with Crippen molar-refractivity contribution in [1.82, 2.24) is 4.98 Å². The Labute approximate surface area is 151 Å². The van der Waals surface area contributed by atoms with Crippen LogP contribution in [0.4, 0.5) is 0 Å². The van der Waals surface area contributed by atoms with Gasteiger partial charge in [-0.3, -0.25) is 4.98 Å². The minimum Gasteiger partial charge on any atom is -0.487 e. The van der Waals surface area contributed by atoms with Crippen LogP contribution in [0.3, 0.4) is 0 Å². The summed E-state index contributed by atoms with van der Waals surface area (Å²) in [6.07, 6.45) is -5.83. The van der Waals surface area contributed by atoms with Crippen LogP contribution in [0.15, 0.2) is 42.5 Å². The molecule has 0 amide bonds. The summed E-state index contributed by atoms with van der Waals surface area (Å²) in [6.45, 7) is 1.80. The van der Waals surface area contributed by atoms with Crippen LogP contribution in [0, 0.1) is 6.92 Å². The molecule has 1 saturated heterocycles. The number of hydrogen-bond acceptors (Lipinski definition) is 7. The average molecular weight is 361 g/mol. The summed E-state index contributed by atoms with van der Waals surface area (Å²) < 4.78 is 11.2. The Kier molecular flexibility index (Phi) is 5.85. The van der Waals surface area contributed by atoms with E-state index in [1.165, 1.54) is 0 Å². The first-order chi connectivity index (χ1) is 12.5. The molecule has 4 N–H and O–H groups in total. The van der Waals surface area contributed by atoms with E-state index in [0.29, 0.717) is 17.9 Å². The number of ether oxygens (including phenoxy) is 2. The fourth-order valence-corrected chi connectivity index (χ4v) is 2.97. The highest BCUT2D eigenvalue weighted by Gasteiger charge is 2.43. The lowest BCUT2D eigenvalue weighted by molar-refractivity contribution is -0.231. The molecule has 0 bridgehead atoms. The Balaban J connectivity index is 1.67. The predicted octanol–water partition coefficient (Wildman–Crippen LogP) is 0.484. The minimum atomic E-state index is -1.39. The number of nitrogens with zero attached hydrogens (tertiary/aromatic N) is 1. The Morgan fingerprint density at radius 1 is 1.00 bits per heavy atom. The third-order valence-corrected chi connectivity index (χ3v) is 4.43. The molecule has 1 fully saturated rings. The van der Waals surface area contributed by atoms with E-state index >= 15 is 0 Å². The second-order valence-electron chi connectivity index (χ2n) is 6.38. The summed E-state index contributed by atoms with van der Waals surface area (Å²) in [5.74, 6) is 0.627. The molecule has 0 saturated carbocycles. The zero-order chi connectivity index (χ0) is 18.7. The minimum absolute atomic E-state index is 0.334. The van der Waals surface area contributed by atoms with Gasteiger partial charge in [-0.05, 0) is 36.8 Å². The van der Waals surface area contributed by atoms with Gasteiger partial charge in [0.15, 0.2) is 0 Å². The number of aromatic nitrogens is 1. The average Bonchev–Trinajstić information content (AvgIpc) is 2.65. The maximum Gasteiger partial charge on any atom is 0.130 e. The van der Waals surface area contributed by atoms with Crippen molar-refractivity contribution >= 4 is 0 Å². The largest absolute Gasteiger partial charge is 0.487 e. The lowest BCUT2D eigenvalue weighted by atomic mass is 9.91. The van der Waals surface area contributed by atoms with Crippen molar-refractivity contribution in [3.63, 3.8) is 0 Å². The van der Waals surface area contributed by atoms with Crippen LogP contribution in [0.2, 0.25) is 0 Å². The maximum atomic E-state index is 10.2. The van der Waals surface area contributed by atoms with Gasteiger partial charge in [-0.15, -0.1) is 0 Å². The van der Waals surface area contributed by atoms with E-state index in [4.69, 9.17) is 9.47 Å². The summed E-state index contributed by atoms with van der Waals surface area (Å²) in [6, 6.07) is 12.6. The van der Waals surface area contributed by atoms with Gasteiger partial charge in [0.25, 0.3) is 0 Å². The molecule has 1 aliphatic heterocycles. The van der Waals surface area contributed by atoms with Crippen LogP contribution < -0.4 is 4.74 Å². The first-order valence-corrected chi connectivity index (χ1v) is 8.45. The highest BCUT2D eigenvalue weighted by molar-refractivity contribution is 5.30. The van der Waals surface area contributed by atoms with Gasteiger partial charge in [0.05, 0.1) is 12.3 Å². The fraction of sp³-hybridized carbons (Fsp3) is 0.421. The van der Waals surface area contributed by atoms with Crippen LogP contribution in [-0.4, -0.2) is 56.4 Å². The standard InChI is InChI=1S/C19H23NO6/c1-11-3-2-4-13(20-11)10-25-14-7-5-12(6-8-14)19-18(24)17(23)16(22)15(9-21)26-19/h2-8,15-19,21-24H,9-10H2,1H3. The Morgan fingerprint density at radius 3 is 2.38 bits per heavy atom. The lowest BCUT2D eigenvalue weighted by Crippen LogP contribution is -2.55. The molecule has 5 unspecified atom stereocenters. The van der Waals surface area contributed by atoms with E-state index in [1.807, 2.05) is 25.1 Å². The van der Waals surface area contributed by atoms with Gasteiger partial charge >= 0.3 is 0 Å². The van der Waals surface area contributed by atoms with E-state index in [0.717, 1.165) is 11.4 Å². The first kappa shape index (κ1) is 18.8. The monoisotopic (exact) mass is 361 g/mol. The summed E-state index contributed by atoms with van der Waals surface area (Å²) in [7, 11) is 0. The van der Waals surface area contributed by atoms with Crippen molar-refractivity contribution in [2.45, 2.75) is 44.1 Å². The van der Waals surface area contributed by atoms with Crippen molar-refractivity contribution in [2.75, 3.05) is 6.61 Å². The molecule has 7 nitrogen and oxygen atoms in total. The second kappa shape index (κ2) is 8.11. The third kappa shape index (κ3) is 4.03. The van der Waals surface area contributed by atoms with Crippen molar-refractivity contribution in [1.29, 1.82) is 0 Å². The van der Waals surface area contributed by atoms with E-state index in [2.05, 4.69) is 4.98 Å². The Morgan fingerprint density at radius 2 is 1.73 bits per heavy atom. The molecule has 0 radical (unpaired) electrons. The zero-order valence-electron chi connectivity index (χ0n) is 14.4. The molecule has 3 rings (SSSR count). The number of aliphatic hydroxyl groups is 4. The van der Waals surface area contributed by atoms with E-state index in [-0.39, 0.29) is 0 Å². The molecule has 7 heteroatoms. The number of rotatable bonds is 5. The summed E-state index contributed by atoms with van der Waals surface area (Å²) in [5, 5.41) is 39.2. The molecular weight excluding hydrogens is 338 g/mol. The number of aryl methyl sites for hydroxylation is 1. The Bertz CT molecular complexity index is 720. The number of pyridine rings is 1. The maximum absolute atomic E-state index is 10.2. The zero-order valence-corrected chi connectivity index (χ0v) is 14.4. The van der Waals surface area contributed by atoms with Crippen molar-refractivity contribution in [3.05, 3.63) is 59.4 Å². The molecular formula is C19H23NO6. The SMILES string of the molecule is Cc1cccc(COc2ccc(C3OC(CO)C(O)C(O)C3O)cc2)n1. The van der Waals surface area contributed by atoms with E-state index < -0.39 is 37.1 Å². The molecule has 5 atom stereocenters. The summed E-state index contributed by atoms with van der Waals surface area (Å²) >= 11 is 0. The van der Waals surface area contributed by atoms with Gasteiger partial charge in [-0.2, -0.15) is 0 Å². The molecule has 2 aromatic rings.